The Kier molecular flexibility index (Phi) is 4.19. The summed E-state index contributed by atoms with van der Waals surface area (Å²) in [5.41, 5.74) is 5.86. The van der Waals surface area contributed by atoms with Gasteiger partial charge < -0.3 is 20.9 Å². The van der Waals surface area contributed by atoms with Crippen molar-refractivity contribution in [3.8, 4) is 0 Å². The Morgan fingerprint density at radius 1 is 1.38 bits per heavy atom. The van der Waals surface area contributed by atoms with Crippen LogP contribution in [0.3, 0.4) is 0 Å². The highest BCUT2D eigenvalue weighted by molar-refractivity contribution is 4.96. The van der Waals surface area contributed by atoms with Gasteiger partial charge in [-0.15, -0.1) is 0 Å². The molecule has 1 saturated carbocycles. The van der Waals surface area contributed by atoms with E-state index >= 15 is 0 Å². The molecule has 0 bridgehead atoms. The molecule has 0 aromatic heterocycles. The molecule has 1 saturated heterocycles. The summed E-state index contributed by atoms with van der Waals surface area (Å²) in [6.45, 7) is 2.50. The van der Waals surface area contributed by atoms with E-state index in [1.165, 1.54) is 6.42 Å². The van der Waals surface area contributed by atoms with Gasteiger partial charge in [0.15, 0.2) is 0 Å². The maximum atomic E-state index is 9.32. The van der Waals surface area contributed by atoms with Crippen molar-refractivity contribution in [3.05, 3.63) is 0 Å². The van der Waals surface area contributed by atoms with Crippen LogP contribution >= 0.6 is 0 Å². The number of ether oxygens (including phenoxy) is 1. The van der Waals surface area contributed by atoms with E-state index in [0.29, 0.717) is 25.1 Å². The standard InChI is InChI=1S/C12H24N2O2/c13-8-12(5-2-6-16-9-12)14-11-4-1-3-10(11)7-15/h10-11,14-15H,1-9,13H2. The third-order valence-corrected chi connectivity index (χ3v) is 4.10. The fourth-order valence-corrected chi connectivity index (χ4v) is 3.02. The minimum absolute atomic E-state index is 0.0410. The second-order valence-corrected chi connectivity index (χ2v) is 5.26. The molecule has 4 N–H and O–H groups in total. The van der Waals surface area contributed by atoms with Crippen LogP contribution in [0.5, 0.6) is 0 Å². The van der Waals surface area contributed by atoms with Gasteiger partial charge in [-0.3, -0.25) is 0 Å². The predicted octanol–water partition coefficient (Wildman–Crippen LogP) is 0.245. The molecule has 3 atom stereocenters. The zero-order valence-corrected chi connectivity index (χ0v) is 9.95. The molecular weight excluding hydrogens is 204 g/mol. The highest BCUT2D eigenvalue weighted by Crippen LogP contribution is 2.29. The van der Waals surface area contributed by atoms with Crippen molar-refractivity contribution >= 4 is 0 Å². The molecular formula is C12H24N2O2. The summed E-state index contributed by atoms with van der Waals surface area (Å²) in [7, 11) is 0. The van der Waals surface area contributed by atoms with Gasteiger partial charge >= 0.3 is 0 Å². The lowest BCUT2D eigenvalue weighted by Gasteiger charge is -2.40. The second kappa shape index (κ2) is 5.45. The molecule has 0 amide bonds. The number of hydrogen-bond donors (Lipinski definition) is 3. The molecule has 0 radical (unpaired) electrons. The zero-order valence-electron chi connectivity index (χ0n) is 9.95. The van der Waals surface area contributed by atoms with Crippen LogP contribution in [0.4, 0.5) is 0 Å². The van der Waals surface area contributed by atoms with Gasteiger partial charge in [0.25, 0.3) is 0 Å². The van der Waals surface area contributed by atoms with Crippen LogP contribution in [0.2, 0.25) is 0 Å². The molecule has 2 rings (SSSR count). The van der Waals surface area contributed by atoms with E-state index in [9.17, 15) is 5.11 Å². The zero-order chi connectivity index (χ0) is 11.4. The SMILES string of the molecule is NCC1(NC2CCCC2CO)CCCOC1. The molecule has 3 unspecified atom stereocenters. The molecule has 4 heteroatoms. The van der Waals surface area contributed by atoms with E-state index < -0.39 is 0 Å². The molecule has 16 heavy (non-hydrogen) atoms. The summed E-state index contributed by atoms with van der Waals surface area (Å²) in [6, 6.07) is 0.426. The Morgan fingerprint density at radius 2 is 2.25 bits per heavy atom. The largest absolute Gasteiger partial charge is 0.396 e. The fraction of sp³-hybridized carbons (Fsp3) is 1.00. The van der Waals surface area contributed by atoms with Gasteiger partial charge in [-0.25, -0.2) is 0 Å². The average molecular weight is 228 g/mol. The Hall–Kier alpha value is -0.160. The van der Waals surface area contributed by atoms with Crippen molar-refractivity contribution in [2.45, 2.75) is 43.7 Å². The first kappa shape index (κ1) is 12.3. The van der Waals surface area contributed by atoms with Crippen LogP contribution in [0.15, 0.2) is 0 Å². The molecule has 0 spiro atoms. The minimum Gasteiger partial charge on any atom is -0.396 e. The van der Waals surface area contributed by atoms with Crippen LogP contribution in [-0.2, 0) is 4.74 Å². The monoisotopic (exact) mass is 228 g/mol. The first-order valence-electron chi connectivity index (χ1n) is 6.46. The first-order valence-corrected chi connectivity index (χ1v) is 6.46. The highest BCUT2D eigenvalue weighted by Gasteiger charge is 2.37. The lowest BCUT2D eigenvalue weighted by atomic mass is 9.90. The Bertz CT molecular complexity index is 217. The lowest BCUT2D eigenvalue weighted by molar-refractivity contribution is 0.0141. The van der Waals surface area contributed by atoms with Gasteiger partial charge in [0.05, 0.1) is 12.1 Å². The molecule has 2 aliphatic rings. The van der Waals surface area contributed by atoms with Gasteiger partial charge in [0, 0.05) is 25.8 Å². The smallest absolute Gasteiger partial charge is 0.0660 e. The van der Waals surface area contributed by atoms with Gasteiger partial charge in [0.1, 0.15) is 0 Å². The molecule has 2 fully saturated rings. The number of hydrogen-bond acceptors (Lipinski definition) is 4. The van der Waals surface area contributed by atoms with E-state index in [2.05, 4.69) is 5.32 Å². The van der Waals surface area contributed by atoms with Crippen LogP contribution in [0, 0.1) is 5.92 Å². The van der Waals surface area contributed by atoms with E-state index in [1.54, 1.807) is 0 Å². The van der Waals surface area contributed by atoms with Crippen molar-refractivity contribution in [1.82, 2.24) is 5.32 Å². The number of rotatable bonds is 4. The van der Waals surface area contributed by atoms with Crippen molar-refractivity contribution in [2.75, 3.05) is 26.4 Å². The third-order valence-electron chi connectivity index (χ3n) is 4.10. The summed E-state index contributed by atoms with van der Waals surface area (Å²) in [5, 5.41) is 13.0. The molecule has 94 valence electrons. The Balaban J connectivity index is 1.94. The second-order valence-electron chi connectivity index (χ2n) is 5.26. The van der Waals surface area contributed by atoms with Crippen molar-refractivity contribution < 1.29 is 9.84 Å². The molecule has 0 aromatic carbocycles. The van der Waals surface area contributed by atoms with Crippen LogP contribution in [0.1, 0.15) is 32.1 Å². The van der Waals surface area contributed by atoms with Gasteiger partial charge in [0.2, 0.25) is 0 Å². The molecule has 4 nitrogen and oxygen atoms in total. The van der Waals surface area contributed by atoms with Gasteiger partial charge in [-0.2, -0.15) is 0 Å². The quantitative estimate of drug-likeness (QED) is 0.645. The van der Waals surface area contributed by atoms with E-state index in [1.807, 2.05) is 0 Å². The van der Waals surface area contributed by atoms with Gasteiger partial charge in [-0.05, 0) is 31.6 Å². The highest BCUT2D eigenvalue weighted by atomic mass is 16.5. The molecule has 1 heterocycles. The van der Waals surface area contributed by atoms with Crippen molar-refractivity contribution in [2.24, 2.45) is 11.7 Å². The fourth-order valence-electron chi connectivity index (χ4n) is 3.02. The minimum atomic E-state index is -0.0410. The van der Waals surface area contributed by atoms with Crippen LogP contribution in [-0.4, -0.2) is 43.1 Å². The maximum absolute atomic E-state index is 9.32. The number of aliphatic hydroxyl groups is 1. The van der Waals surface area contributed by atoms with E-state index in [0.717, 1.165) is 38.9 Å². The third kappa shape index (κ3) is 2.56. The topological polar surface area (TPSA) is 67.5 Å². The predicted molar refractivity (Wildman–Crippen MR) is 63.2 cm³/mol. The summed E-state index contributed by atoms with van der Waals surface area (Å²) in [6.07, 6.45) is 5.69. The number of aliphatic hydroxyl groups excluding tert-OH is 1. The van der Waals surface area contributed by atoms with Crippen molar-refractivity contribution in [3.63, 3.8) is 0 Å². The number of nitrogens with two attached hydrogens (primary N) is 1. The van der Waals surface area contributed by atoms with Gasteiger partial charge in [-0.1, -0.05) is 6.42 Å². The Labute approximate surface area is 97.5 Å². The van der Waals surface area contributed by atoms with E-state index in [-0.39, 0.29) is 5.54 Å². The summed E-state index contributed by atoms with van der Waals surface area (Å²) < 4.78 is 5.55. The lowest BCUT2D eigenvalue weighted by Crippen LogP contribution is -2.60. The Morgan fingerprint density at radius 3 is 2.88 bits per heavy atom. The van der Waals surface area contributed by atoms with Crippen LogP contribution < -0.4 is 11.1 Å². The summed E-state index contributed by atoms with van der Waals surface area (Å²) in [4.78, 5) is 0. The molecule has 1 aliphatic carbocycles. The van der Waals surface area contributed by atoms with Crippen LogP contribution in [0.25, 0.3) is 0 Å². The summed E-state index contributed by atoms with van der Waals surface area (Å²) >= 11 is 0. The average Bonchev–Trinajstić information content (AvgIpc) is 2.77. The number of nitrogens with one attached hydrogen (secondary N) is 1. The summed E-state index contributed by atoms with van der Waals surface area (Å²) in [5.74, 6) is 0.408. The maximum Gasteiger partial charge on any atom is 0.0660 e. The molecule has 1 aliphatic heterocycles. The van der Waals surface area contributed by atoms with Crippen molar-refractivity contribution in [1.29, 1.82) is 0 Å². The molecule has 0 aromatic rings. The van der Waals surface area contributed by atoms with E-state index in [4.69, 9.17) is 10.5 Å². The normalized spacial score (nSPS) is 40.1. The first-order chi connectivity index (χ1) is 7.79.